The van der Waals surface area contributed by atoms with Crippen molar-refractivity contribution in [2.45, 2.75) is 18.9 Å². The Bertz CT molecular complexity index is 903. The number of rotatable bonds is 4. The van der Waals surface area contributed by atoms with Gasteiger partial charge >= 0.3 is 0 Å². The van der Waals surface area contributed by atoms with Gasteiger partial charge in [0.1, 0.15) is 18.4 Å². The lowest BCUT2D eigenvalue weighted by Crippen LogP contribution is -2.38. The standard InChI is InChI=1S/C17H18N6O2/c18-16(24)13-4-10(11-6-22-25-8-11)5-14-15(13)20-9-21-17(14)23-12-2-1-3-19-7-12/h4-6,8-9,12,19H,1-3,7H2,(H2,18,24)(H,20,21,23)/t12-/m0/s1. The number of carbonyl (C=O) groups is 1. The molecule has 8 heteroatoms. The van der Waals surface area contributed by atoms with E-state index in [0.717, 1.165) is 42.4 Å². The molecule has 0 spiro atoms. The van der Waals surface area contributed by atoms with Gasteiger partial charge in [-0.2, -0.15) is 0 Å². The number of nitrogens with zero attached hydrogens (tertiary/aromatic N) is 3. The van der Waals surface area contributed by atoms with Crippen molar-refractivity contribution in [1.82, 2.24) is 20.4 Å². The van der Waals surface area contributed by atoms with Crippen LogP contribution in [0.2, 0.25) is 0 Å². The van der Waals surface area contributed by atoms with E-state index in [4.69, 9.17) is 10.3 Å². The van der Waals surface area contributed by atoms with Crippen molar-refractivity contribution in [3.63, 3.8) is 0 Å². The molecule has 8 nitrogen and oxygen atoms in total. The van der Waals surface area contributed by atoms with Crippen molar-refractivity contribution in [2.24, 2.45) is 5.73 Å². The second kappa shape index (κ2) is 6.48. The summed E-state index contributed by atoms with van der Waals surface area (Å²) in [7, 11) is 0. The Morgan fingerprint density at radius 1 is 1.32 bits per heavy atom. The molecule has 1 aliphatic heterocycles. The Hall–Kier alpha value is -3.00. The second-order valence-corrected chi connectivity index (χ2v) is 6.11. The Kier molecular flexibility index (Phi) is 4.02. The smallest absolute Gasteiger partial charge is 0.250 e. The van der Waals surface area contributed by atoms with Crippen LogP contribution in [0.25, 0.3) is 22.0 Å². The van der Waals surface area contributed by atoms with Crippen LogP contribution in [-0.4, -0.2) is 40.2 Å². The molecule has 0 unspecified atom stereocenters. The summed E-state index contributed by atoms with van der Waals surface area (Å²) in [5, 5.41) is 11.3. The number of nitrogens with two attached hydrogens (primary N) is 1. The van der Waals surface area contributed by atoms with E-state index in [2.05, 4.69) is 25.8 Å². The van der Waals surface area contributed by atoms with Gasteiger partial charge < -0.3 is 20.9 Å². The minimum absolute atomic E-state index is 0.281. The van der Waals surface area contributed by atoms with E-state index < -0.39 is 5.91 Å². The third-order valence-corrected chi connectivity index (χ3v) is 4.41. The quantitative estimate of drug-likeness (QED) is 0.660. The van der Waals surface area contributed by atoms with Crippen molar-refractivity contribution in [3.05, 3.63) is 36.5 Å². The van der Waals surface area contributed by atoms with Crippen LogP contribution in [0.3, 0.4) is 0 Å². The summed E-state index contributed by atoms with van der Waals surface area (Å²) in [6.45, 7) is 1.91. The highest BCUT2D eigenvalue weighted by molar-refractivity contribution is 6.08. The molecule has 4 rings (SSSR count). The molecule has 128 valence electrons. The molecular weight excluding hydrogens is 320 g/mol. The van der Waals surface area contributed by atoms with Crippen molar-refractivity contribution in [1.29, 1.82) is 0 Å². The molecule has 1 atom stereocenters. The van der Waals surface area contributed by atoms with Gasteiger partial charge in [-0.3, -0.25) is 4.79 Å². The molecule has 3 heterocycles. The van der Waals surface area contributed by atoms with Crippen LogP contribution in [0.15, 0.2) is 35.4 Å². The van der Waals surface area contributed by atoms with Crippen molar-refractivity contribution in [2.75, 3.05) is 18.4 Å². The number of anilines is 1. The van der Waals surface area contributed by atoms with Crippen LogP contribution in [0.1, 0.15) is 23.2 Å². The first-order valence-corrected chi connectivity index (χ1v) is 8.18. The zero-order chi connectivity index (χ0) is 17.2. The molecule has 0 bridgehead atoms. The molecule has 3 aromatic rings. The topological polar surface area (TPSA) is 119 Å². The largest absolute Gasteiger partial charge is 0.366 e. The fraction of sp³-hybridized carbons (Fsp3) is 0.294. The molecule has 1 fully saturated rings. The highest BCUT2D eigenvalue weighted by Crippen LogP contribution is 2.30. The van der Waals surface area contributed by atoms with E-state index in [1.165, 1.54) is 12.6 Å². The van der Waals surface area contributed by atoms with Crippen LogP contribution >= 0.6 is 0 Å². The third-order valence-electron chi connectivity index (χ3n) is 4.41. The van der Waals surface area contributed by atoms with Gasteiger partial charge in [0.15, 0.2) is 0 Å². The summed E-state index contributed by atoms with van der Waals surface area (Å²) in [6.07, 6.45) is 6.74. The maximum atomic E-state index is 11.9. The number of hydrogen-bond donors (Lipinski definition) is 3. The van der Waals surface area contributed by atoms with E-state index in [0.29, 0.717) is 16.9 Å². The van der Waals surface area contributed by atoms with Gasteiger partial charge in [0, 0.05) is 23.5 Å². The zero-order valence-corrected chi connectivity index (χ0v) is 13.5. The summed E-state index contributed by atoms with van der Waals surface area (Å²) in [6, 6.07) is 3.91. The molecule has 1 saturated heterocycles. The van der Waals surface area contributed by atoms with Crippen molar-refractivity contribution < 1.29 is 9.32 Å². The molecule has 2 aromatic heterocycles. The van der Waals surface area contributed by atoms with Crippen LogP contribution in [0.4, 0.5) is 5.82 Å². The number of carbonyl (C=O) groups excluding carboxylic acids is 1. The van der Waals surface area contributed by atoms with E-state index in [9.17, 15) is 4.79 Å². The summed E-state index contributed by atoms with van der Waals surface area (Å²) in [5.74, 6) is 0.159. The fourth-order valence-electron chi connectivity index (χ4n) is 3.15. The molecular formula is C17H18N6O2. The molecule has 4 N–H and O–H groups in total. The number of piperidine rings is 1. The Balaban J connectivity index is 1.84. The molecule has 25 heavy (non-hydrogen) atoms. The van der Waals surface area contributed by atoms with Crippen LogP contribution in [0.5, 0.6) is 0 Å². The van der Waals surface area contributed by atoms with Crippen molar-refractivity contribution >= 4 is 22.6 Å². The fourth-order valence-corrected chi connectivity index (χ4v) is 3.15. The average Bonchev–Trinajstić information content (AvgIpc) is 3.17. The maximum absolute atomic E-state index is 11.9. The van der Waals surface area contributed by atoms with E-state index in [1.807, 2.05) is 6.07 Å². The van der Waals surface area contributed by atoms with E-state index in [1.54, 1.807) is 12.3 Å². The van der Waals surface area contributed by atoms with Crippen LogP contribution < -0.4 is 16.4 Å². The normalized spacial score (nSPS) is 17.5. The highest BCUT2D eigenvalue weighted by Gasteiger charge is 2.18. The first-order chi connectivity index (χ1) is 12.2. The number of amides is 1. The molecule has 0 radical (unpaired) electrons. The average molecular weight is 338 g/mol. The van der Waals surface area contributed by atoms with Crippen molar-refractivity contribution in [3.8, 4) is 11.1 Å². The number of benzene rings is 1. The minimum atomic E-state index is -0.535. The van der Waals surface area contributed by atoms with Gasteiger partial charge in [-0.05, 0) is 37.1 Å². The SMILES string of the molecule is NC(=O)c1cc(-c2cnoc2)cc2c(N[C@H]3CCCNC3)ncnc12. The van der Waals surface area contributed by atoms with E-state index in [-0.39, 0.29) is 6.04 Å². The lowest BCUT2D eigenvalue weighted by Gasteiger charge is -2.24. The minimum Gasteiger partial charge on any atom is -0.366 e. The third kappa shape index (κ3) is 3.03. The van der Waals surface area contributed by atoms with Gasteiger partial charge in [0.05, 0.1) is 17.3 Å². The molecule has 1 aromatic carbocycles. The predicted molar refractivity (Wildman–Crippen MR) is 93.1 cm³/mol. The number of nitrogens with one attached hydrogen (secondary N) is 2. The zero-order valence-electron chi connectivity index (χ0n) is 13.5. The van der Waals surface area contributed by atoms with Gasteiger partial charge in [0.2, 0.25) is 0 Å². The Morgan fingerprint density at radius 3 is 2.96 bits per heavy atom. The highest BCUT2D eigenvalue weighted by atomic mass is 16.5. The van der Waals surface area contributed by atoms with Gasteiger partial charge in [0.25, 0.3) is 5.91 Å². The number of primary amides is 1. The number of fused-ring (bicyclic) bond motifs is 1. The number of aromatic nitrogens is 3. The Labute approximate surface area is 143 Å². The lowest BCUT2D eigenvalue weighted by molar-refractivity contribution is 0.100. The van der Waals surface area contributed by atoms with Crippen LogP contribution in [-0.2, 0) is 0 Å². The van der Waals surface area contributed by atoms with Gasteiger partial charge in [-0.25, -0.2) is 9.97 Å². The number of hydrogen-bond acceptors (Lipinski definition) is 7. The summed E-state index contributed by atoms with van der Waals surface area (Å²) in [5.41, 5.74) is 7.99. The lowest BCUT2D eigenvalue weighted by atomic mass is 10.0. The summed E-state index contributed by atoms with van der Waals surface area (Å²) >= 11 is 0. The predicted octanol–water partition coefficient (Wildman–Crippen LogP) is 1.55. The summed E-state index contributed by atoms with van der Waals surface area (Å²) in [4.78, 5) is 20.6. The maximum Gasteiger partial charge on any atom is 0.250 e. The summed E-state index contributed by atoms with van der Waals surface area (Å²) < 4.78 is 4.91. The van der Waals surface area contributed by atoms with Gasteiger partial charge in [-0.15, -0.1) is 0 Å². The monoisotopic (exact) mass is 338 g/mol. The second-order valence-electron chi connectivity index (χ2n) is 6.11. The van der Waals surface area contributed by atoms with E-state index >= 15 is 0 Å². The first-order valence-electron chi connectivity index (χ1n) is 8.18. The molecule has 0 saturated carbocycles. The molecule has 1 amide bonds. The molecule has 1 aliphatic rings. The van der Waals surface area contributed by atoms with Gasteiger partial charge in [-0.1, -0.05) is 5.16 Å². The van der Waals surface area contributed by atoms with Crippen LogP contribution in [0, 0.1) is 0 Å². The first kappa shape index (κ1) is 15.5. The molecule has 0 aliphatic carbocycles. The Morgan fingerprint density at radius 2 is 2.24 bits per heavy atom.